The Morgan fingerprint density at radius 1 is 1.15 bits per heavy atom. The molecule has 3 N–H and O–H groups in total. The first-order chi connectivity index (χ1) is 19.8. The van der Waals surface area contributed by atoms with Crippen molar-refractivity contribution in [1.29, 1.82) is 0 Å². The summed E-state index contributed by atoms with van der Waals surface area (Å²) >= 11 is 6.34. The van der Waals surface area contributed by atoms with E-state index in [0.717, 1.165) is 19.4 Å². The predicted molar refractivity (Wildman–Crippen MR) is 154 cm³/mol. The molecule has 13 heteroatoms. The summed E-state index contributed by atoms with van der Waals surface area (Å²) in [5.41, 5.74) is 1.01. The third-order valence-corrected chi connectivity index (χ3v) is 7.12. The highest BCUT2D eigenvalue weighted by Crippen LogP contribution is 2.40. The average Bonchev–Trinajstić information content (AvgIpc) is 3.19. The van der Waals surface area contributed by atoms with Gasteiger partial charge in [-0.3, -0.25) is 9.69 Å². The molecule has 0 radical (unpaired) electrons. The fraction of sp³-hybridized carbons (Fsp3) is 0.357. The molecule has 216 valence electrons. The lowest BCUT2D eigenvalue weighted by atomic mass is 10.1. The van der Waals surface area contributed by atoms with Crippen LogP contribution in [-0.2, 0) is 4.74 Å². The Labute approximate surface area is 242 Å². The van der Waals surface area contributed by atoms with E-state index < -0.39 is 17.8 Å². The van der Waals surface area contributed by atoms with Crippen molar-refractivity contribution in [2.24, 2.45) is 0 Å². The Morgan fingerprint density at radius 3 is 2.78 bits per heavy atom. The number of hydrogen-bond donors (Lipinski definition) is 3. The minimum absolute atomic E-state index is 0.0791. The van der Waals surface area contributed by atoms with Gasteiger partial charge in [-0.1, -0.05) is 23.7 Å². The summed E-state index contributed by atoms with van der Waals surface area (Å²) in [6.45, 7) is 2.50. The first-order valence-electron chi connectivity index (χ1n) is 13.3. The molecule has 0 saturated carbocycles. The number of likely N-dealkylation sites (tertiary alicyclic amines) is 1. The number of anilines is 5. The number of ether oxygens (including phenoxy) is 2. The quantitative estimate of drug-likeness (QED) is 0.371. The number of nitrogens with one attached hydrogen (secondary N) is 3. The minimum atomic E-state index is -0.654. The van der Waals surface area contributed by atoms with Crippen molar-refractivity contribution in [3.63, 3.8) is 0 Å². The van der Waals surface area contributed by atoms with Gasteiger partial charge in [0.1, 0.15) is 28.4 Å². The number of para-hydroxylation sites is 2. The summed E-state index contributed by atoms with van der Waals surface area (Å²) in [7, 11) is 3.47. The zero-order valence-corrected chi connectivity index (χ0v) is 23.5. The lowest BCUT2D eigenvalue weighted by Gasteiger charge is -2.31. The van der Waals surface area contributed by atoms with E-state index in [4.69, 9.17) is 21.1 Å². The molecule has 1 fully saturated rings. The number of amides is 2. The molecule has 0 spiro atoms. The lowest BCUT2D eigenvalue weighted by molar-refractivity contribution is 0.0551. The van der Waals surface area contributed by atoms with Crippen LogP contribution in [0.3, 0.4) is 0 Å². The molecule has 2 aromatic carbocycles. The molecule has 1 unspecified atom stereocenters. The monoisotopic (exact) mass is 583 g/mol. The summed E-state index contributed by atoms with van der Waals surface area (Å²) in [5.74, 6) is -0.419. The third-order valence-electron chi connectivity index (χ3n) is 6.84. The fourth-order valence-electron chi connectivity index (χ4n) is 4.87. The largest absolute Gasteiger partial charge is 0.491 e. The first kappa shape index (κ1) is 28.4. The standard InChI is InChI=1S/C28H31ClFN7O4/c1-31-26(38)18-8-3-9-20(30)23(18)34-25-19(29)15-32-27(35-25)33-21-10-4-11-22-24(21)37(13-6-14-40-22)28(39)41-17-7-5-12-36(2)16-17/h3-4,8-11,15,17H,5-7,12-14,16H2,1-2H3,(H,31,38)(H2,32,33,34,35). The van der Waals surface area contributed by atoms with Crippen LogP contribution in [0.25, 0.3) is 0 Å². The summed E-state index contributed by atoms with van der Waals surface area (Å²) in [4.78, 5) is 38.1. The number of piperidine rings is 1. The van der Waals surface area contributed by atoms with Gasteiger partial charge < -0.3 is 30.3 Å². The number of fused-ring (bicyclic) bond motifs is 1. The first-order valence-corrected chi connectivity index (χ1v) is 13.7. The van der Waals surface area contributed by atoms with Crippen molar-refractivity contribution < 1.29 is 23.5 Å². The van der Waals surface area contributed by atoms with Crippen molar-refractivity contribution in [3.05, 3.63) is 59.0 Å². The zero-order valence-electron chi connectivity index (χ0n) is 22.7. The Bertz CT molecular complexity index is 1440. The second-order valence-electron chi connectivity index (χ2n) is 9.80. The van der Waals surface area contributed by atoms with Gasteiger partial charge in [-0.05, 0) is 57.1 Å². The van der Waals surface area contributed by atoms with E-state index in [1.165, 1.54) is 31.4 Å². The Balaban J connectivity index is 1.43. The Kier molecular flexibility index (Phi) is 8.70. The number of halogens is 2. The van der Waals surface area contributed by atoms with Crippen molar-refractivity contribution in [2.45, 2.75) is 25.4 Å². The molecule has 3 heterocycles. The molecule has 0 bridgehead atoms. The molecule has 2 aliphatic rings. The average molecular weight is 584 g/mol. The van der Waals surface area contributed by atoms with E-state index in [1.807, 2.05) is 7.05 Å². The molecule has 1 saturated heterocycles. The molecule has 1 aromatic heterocycles. The fourth-order valence-corrected chi connectivity index (χ4v) is 5.01. The topological polar surface area (TPSA) is 121 Å². The van der Waals surface area contributed by atoms with Gasteiger partial charge in [0.15, 0.2) is 5.82 Å². The second-order valence-corrected chi connectivity index (χ2v) is 10.2. The SMILES string of the molecule is CNC(=O)c1cccc(F)c1Nc1nc(Nc2cccc3c2N(C(=O)OC2CCCN(C)C2)CCCO3)ncc1Cl. The van der Waals surface area contributed by atoms with E-state index in [0.29, 0.717) is 43.2 Å². The number of nitrogens with zero attached hydrogens (tertiary/aromatic N) is 4. The number of rotatable bonds is 6. The molecular formula is C28H31ClFN7O4. The van der Waals surface area contributed by atoms with Crippen LogP contribution in [0.1, 0.15) is 29.6 Å². The smallest absolute Gasteiger partial charge is 0.414 e. The van der Waals surface area contributed by atoms with Crippen LogP contribution in [0.15, 0.2) is 42.6 Å². The van der Waals surface area contributed by atoms with Crippen LogP contribution < -0.4 is 25.6 Å². The number of aromatic nitrogens is 2. The van der Waals surface area contributed by atoms with E-state index in [1.54, 1.807) is 23.1 Å². The van der Waals surface area contributed by atoms with Gasteiger partial charge in [0, 0.05) is 20.1 Å². The van der Waals surface area contributed by atoms with Gasteiger partial charge in [0.25, 0.3) is 5.91 Å². The van der Waals surface area contributed by atoms with Gasteiger partial charge >= 0.3 is 6.09 Å². The summed E-state index contributed by atoms with van der Waals surface area (Å²) < 4.78 is 26.6. The van der Waals surface area contributed by atoms with Gasteiger partial charge in [0.05, 0.1) is 29.7 Å². The van der Waals surface area contributed by atoms with E-state index >= 15 is 0 Å². The number of carbonyl (C=O) groups is 2. The zero-order chi connectivity index (χ0) is 28.9. The molecule has 0 aliphatic carbocycles. The van der Waals surface area contributed by atoms with Gasteiger partial charge in [-0.25, -0.2) is 14.2 Å². The molecule has 11 nitrogen and oxygen atoms in total. The maximum atomic E-state index is 14.7. The summed E-state index contributed by atoms with van der Waals surface area (Å²) in [5, 5.41) is 8.57. The highest BCUT2D eigenvalue weighted by molar-refractivity contribution is 6.33. The van der Waals surface area contributed by atoms with Crippen molar-refractivity contribution in [1.82, 2.24) is 20.2 Å². The molecule has 5 rings (SSSR count). The van der Waals surface area contributed by atoms with E-state index in [-0.39, 0.29) is 34.1 Å². The highest BCUT2D eigenvalue weighted by atomic mass is 35.5. The van der Waals surface area contributed by atoms with Crippen LogP contribution in [0, 0.1) is 5.82 Å². The number of hydrogen-bond acceptors (Lipinski definition) is 9. The third kappa shape index (κ3) is 6.44. The van der Waals surface area contributed by atoms with Crippen LogP contribution >= 0.6 is 11.6 Å². The van der Waals surface area contributed by atoms with Gasteiger partial charge in [-0.2, -0.15) is 4.98 Å². The number of likely N-dealkylation sites (N-methyl/N-ethyl adjacent to an activating group) is 1. The van der Waals surface area contributed by atoms with E-state index in [9.17, 15) is 14.0 Å². The molecule has 41 heavy (non-hydrogen) atoms. The van der Waals surface area contributed by atoms with Crippen LogP contribution in [0.5, 0.6) is 5.75 Å². The van der Waals surface area contributed by atoms with Crippen LogP contribution in [-0.4, -0.2) is 73.3 Å². The number of benzene rings is 2. The highest BCUT2D eigenvalue weighted by Gasteiger charge is 2.30. The number of carbonyl (C=O) groups excluding carboxylic acids is 2. The minimum Gasteiger partial charge on any atom is -0.491 e. The predicted octanol–water partition coefficient (Wildman–Crippen LogP) is 4.94. The Morgan fingerprint density at radius 2 is 1.98 bits per heavy atom. The molecular weight excluding hydrogens is 553 g/mol. The van der Waals surface area contributed by atoms with Crippen molar-refractivity contribution >= 4 is 52.4 Å². The van der Waals surface area contributed by atoms with Crippen LogP contribution in [0.2, 0.25) is 5.02 Å². The van der Waals surface area contributed by atoms with Crippen molar-refractivity contribution in [2.75, 3.05) is 55.9 Å². The van der Waals surface area contributed by atoms with Crippen molar-refractivity contribution in [3.8, 4) is 5.75 Å². The molecule has 1 atom stereocenters. The van der Waals surface area contributed by atoms with Gasteiger partial charge in [0.2, 0.25) is 5.95 Å². The summed E-state index contributed by atoms with van der Waals surface area (Å²) in [6.07, 6.45) is 3.10. The van der Waals surface area contributed by atoms with Gasteiger partial charge in [-0.15, -0.1) is 0 Å². The summed E-state index contributed by atoms with van der Waals surface area (Å²) in [6, 6.07) is 9.49. The molecule has 2 aliphatic heterocycles. The van der Waals surface area contributed by atoms with Crippen LogP contribution in [0.4, 0.5) is 38.0 Å². The second kappa shape index (κ2) is 12.6. The Hall–Kier alpha value is -4.16. The maximum Gasteiger partial charge on any atom is 0.414 e. The normalized spacial score (nSPS) is 17.1. The maximum absolute atomic E-state index is 14.7. The molecule has 3 aromatic rings. The lowest BCUT2D eigenvalue weighted by Crippen LogP contribution is -2.42. The van der Waals surface area contributed by atoms with E-state index in [2.05, 4.69) is 30.8 Å². The molecule has 2 amide bonds.